The van der Waals surface area contributed by atoms with Gasteiger partial charge in [0.15, 0.2) is 5.16 Å². The van der Waals surface area contributed by atoms with Crippen LogP contribution in [0.15, 0.2) is 29.4 Å². The highest BCUT2D eigenvalue weighted by Gasteiger charge is 2.04. The van der Waals surface area contributed by atoms with Crippen LogP contribution >= 0.6 is 11.8 Å². The van der Waals surface area contributed by atoms with Crippen molar-refractivity contribution in [2.24, 2.45) is 0 Å². The smallest absolute Gasteiger partial charge is 0.188 e. The number of aryl methyl sites for hydroxylation is 2. The van der Waals surface area contributed by atoms with Gasteiger partial charge in [0.1, 0.15) is 12.4 Å². The molecule has 0 radical (unpaired) electrons. The molecule has 21 heavy (non-hydrogen) atoms. The zero-order chi connectivity index (χ0) is 15.2. The highest BCUT2D eigenvalue weighted by molar-refractivity contribution is 7.98. The van der Waals surface area contributed by atoms with Gasteiger partial charge in [-0.2, -0.15) is 0 Å². The van der Waals surface area contributed by atoms with E-state index in [-0.39, 0.29) is 12.4 Å². The molecule has 0 atom stereocenters. The van der Waals surface area contributed by atoms with Gasteiger partial charge in [-0.3, -0.25) is 0 Å². The third-order valence-electron chi connectivity index (χ3n) is 2.60. The quantitative estimate of drug-likeness (QED) is 0.538. The fraction of sp³-hybridized carbons (Fsp3) is 0.250. The second-order valence-electron chi connectivity index (χ2n) is 4.53. The van der Waals surface area contributed by atoms with E-state index in [0.29, 0.717) is 16.5 Å². The summed E-state index contributed by atoms with van der Waals surface area (Å²) in [6.45, 7) is 3.60. The van der Waals surface area contributed by atoms with E-state index in [2.05, 4.69) is 21.8 Å². The minimum Gasteiger partial charge on any atom is -0.384 e. The lowest BCUT2D eigenvalue weighted by molar-refractivity contribution is 0.350. The third-order valence-corrected chi connectivity index (χ3v) is 3.52. The van der Waals surface area contributed by atoms with E-state index < -0.39 is 0 Å². The second-order valence-corrected chi connectivity index (χ2v) is 5.47. The minimum atomic E-state index is -0.336. The van der Waals surface area contributed by atoms with E-state index in [9.17, 15) is 4.39 Å². The van der Waals surface area contributed by atoms with Gasteiger partial charge in [-0.1, -0.05) is 23.6 Å². The summed E-state index contributed by atoms with van der Waals surface area (Å²) in [4.78, 5) is 8.68. The second kappa shape index (κ2) is 7.21. The van der Waals surface area contributed by atoms with E-state index >= 15 is 0 Å². The molecule has 108 valence electrons. The molecule has 0 aliphatic rings. The largest absolute Gasteiger partial charge is 0.384 e. The summed E-state index contributed by atoms with van der Waals surface area (Å²) in [5.74, 6) is 5.45. The van der Waals surface area contributed by atoms with E-state index in [0.717, 1.165) is 17.0 Å². The molecule has 0 bridgehead atoms. The Kier molecular flexibility index (Phi) is 5.32. The Hall–Kier alpha value is -1.90. The number of nitrogens with zero attached hydrogens (tertiary/aromatic N) is 2. The zero-order valence-corrected chi connectivity index (χ0v) is 12.7. The molecular formula is C16H15FN2OS. The van der Waals surface area contributed by atoms with Gasteiger partial charge >= 0.3 is 0 Å². The molecule has 5 heteroatoms. The summed E-state index contributed by atoms with van der Waals surface area (Å²) < 4.78 is 13.5. The minimum absolute atomic E-state index is 0.239. The molecule has 1 aromatic heterocycles. The molecule has 2 rings (SSSR count). The van der Waals surface area contributed by atoms with Crippen molar-refractivity contribution < 1.29 is 9.50 Å². The first-order valence-corrected chi connectivity index (χ1v) is 7.39. The number of rotatable bonds is 3. The fourth-order valence-corrected chi connectivity index (χ4v) is 2.73. The predicted molar refractivity (Wildman–Crippen MR) is 81.4 cm³/mol. The maximum absolute atomic E-state index is 13.5. The molecule has 0 fully saturated rings. The highest BCUT2D eigenvalue weighted by atomic mass is 32.2. The molecule has 0 aliphatic carbocycles. The number of benzene rings is 1. The molecule has 0 spiro atoms. The maximum Gasteiger partial charge on any atom is 0.188 e. The Morgan fingerprint density at radius 3 is 2.52 bits per heavy atom. The van der Waals surface area contributed by atoms with Crippen molar-refractivity contribution in [3.63, 3.8) is 0 Å². The first kappa shape index (κ1) is 15.5. The van der Waals surface area contributed by atoms with Crippen LogP contribution in [0.25, 0.3) is 0 Å². The summed E-state index contributed by atoms with van der Waals surface area (Å²) >= 11 is 1.46. The van der Waals surface area contributed by atoms with Crippen LogP contribution in [0.4, 0.5) is 4.39 Å². The van der Waals surface area contributed by atoms with Crippen LogP contribution in [0.5, 0.6) is 0 Å². The standard InChI is InChI=1S/C16H15FN2OS/c1-11-6-12(2)19-16(18-11)21-10-14-7-13(4-3-5-20)8-15(17)9-14/h6-9,20H,5,10H2,1-2H3. The van der Waals surface area contributed by atoms with Crippen molar-refractivity contribution in [3.8, 4) is 11.8 Å². The van der Waals surface area contributed by atoms with Crippen LogP contribution < -0.4 is 0 Å². The lowest BCUT2D eigenvalue weighted by atomic mass is 10.1. The Balaban J connectivity index is 2.14. The zero-order valence-electron chi connectivity index (χ0n) is 11.9. The van der Waals surface area contributed by atoms with E-state index in [1.165, 1.54) is 23.9 Å². The van der Waals surface area contributed by atoms with Crippen molar-refractivity contribution in [2.45, 2.75) is 24.8 Å². The lowest BCUT2D eigenvalue weighted by Gasteiger charge is -2.04. The van der Waals surface area contributed by atoms with Crippen LogP contribution in [-0.4, -0.2) is 21.7 Å². The molecular weight excluding hydrogens is 287 g/mol. The summed E-state index contributed by atoms with van der Waals surface area (Å²) in [5.41, 5.74) is 3.20. The summed E-state index contributed by atoms with van der Waals surface area (Å²) in [6, 6.07) is 6.54. The normalized spacial score (nSPS) is 10.1. The van der Waals surface area contributed by atoms with Gasteiger partial charge in [0.25, 0.3) is 0 Å². The number of aliphatic hydroxyl groups is 1. The molecule has 3 nitrogen and oxygen atoms in total. The average Bonchev–Trinajstić information content (AvgIpc) is 2.41. The van der Waals surface area contributed by atoms with E-state index in [4.69, 9.17) is 5.11 Å². The van der Waals surface area contributed by atoms with Crippen molar-refractivity contribution in [1.29, 1.82) is 0 Å². The Morgan fingerprint density at radius 2 is 1.86 bits per heavy atom. The molecule has 0 amide bonds. The van der Waals surface area contributed by atoms with Crippen molar-refractivity contribution in [1.82, 2.24) is 9.97 Å². The molecule has 0 saturated heterocycles. The predicted octanol–water partition coefficient (Wildman–Crippen LogP) is 2.87. The van der Waals surface area contributed by atoms with Crippen LogP contribution in [0.1, 0.15) is 22.5 Å². The van der Waals surface area contributed by atoms with Crippen molar-refractivity contribution in [3.05, 3.63) is 52.6 Å². The summed E-state index contributed by atoms with van der Waals surface area (Å²) in [6.07, 6.45) is 0. The van der Waals surface area contributed by atoms with Crippen molar-refractivity contribution in [2.75, 3.05) is 6.61 Å². The van der Waals surface area contributed by atoms with Gasteiger partial charge < -0.3 is 5.11 Å². The fourth-order valence-electron chi connectivity index (χ4n) is 1.85. The van der Waals surface area contributed by atoms with E-state index in [1.807, 2.05) is 19.9 Å². The van der Waals surface area contributed by atoms with Crippen LogP contribution in [0, 0.1) is 31.5 Å². The maximum atomic E-state index is 13.5. The van der Waals surface area contributed by atoms with Gasteiger partial charge in [0, 0.05) is 22.7 Å². The molecule has 1 N–H and O–H groups in total. The van der Waals surface area contributed by atoms with Gasteiger partial charge in [0.05, 0.1) is 0 Å². The number of thioether (sulfide) groups is 1. The van der Waals surface area contributed by atoms with Crippen LogP contribution in [0.3, 0.4) is 0 Å². The number of hydrogen-bond acceptors (Lipinski definition) is 4. The lowest BCUT2D eigenvalue weighted by Crippen LogP contribution is -1.94. The van der Waals surface area contributed by atoms with Gasteiger partial charge in [-0.25, -0.2) is 14.4 Å². The molecule has 0 saturated carbocycles. The molecule has 1 heterocycles. The number of aromatic nitrogens is 2. The Bertz CT molecular complexity index is 687. The van der Waals surface area contributed by atoms with Gasteiger partial charge in [-0.15, -0.1) is 0 Å². The highest BCUT2D eigenvalue weighted by Crippen LogP contribution is 2.21. The average molecular weight is 302 g/mol. The van der Waals surface area contributed by atoms with Crippen LogP contribution in [0.2, 0.25) is 0 Å². The van der Waals surface area contributed by atoms with Gasteiger partial charge in [0.2, 0.25) is 0 Å². The Labute approximate surface area is 127 Å². The number of halogens is 1. The summed E-state index contributed by atoms with van der Waals surface area (Å²) in [5, 5.41) is 9.36. The Morgan fingerprint density at radius 1 is 1.14 bits per heavy atom. The first-order chi connectivity index (χ1) is 10.1. The third kappa shape index (κ3) is 4.85. The molecule has 0 unspecified atom stereocenters. The number of hydrogen-bond donors (Lipinski definition) is 1. The number of aliphatic hydroxyl groups excluding tert-OH is 1. The molecule has 0 aliphatic heterocycles. The molecule has 2 aromatic rings. The van der Waals surface area contributed by atoms with Gasteiger partial charge in [-0.05, 0) is 43.7 Å². The summed E-state index contributed by atoms with van der Waals surface area (Å²) in [7, 11) is 0. The SMILES string of the molecule is Cc1cc(C)nc(SCc2cc(F)cc(C#CCO)c2)n1. The topological polar surface area (TPSA) is 46.0 Å². The molecule has 1 aromatic carbocycles. The van der Waals surface area contributed by atoms with Crippen LogP contribution in [-0.2, 0) is 5.75 Å². The monoisotopic (exact) mass is 302 g/mol. The van der Waals surface area contributed by atoms with E-state index in [1.54, 1.807) is 6.07 Å². The van der Waals surface area contributed by atoms with Crippen molar-refractivity contribution >= 4 is 11.8 Å². The first-order valence-electron chi connectivity index (χ1n) is 6.41.